The number of hydrogen-bond acceptors (Lipinski definition) is 6. The average molecular weight is 331 g/mol. The maximum atomic E-state index is 12.1. The normalized spacial score (nSPS) is 10.0. The van der Waals surface area contributed by atoms with Crippen molar-refractivity contribution in [1.82, 2.24) is 0 Å². The van der Waals surface area contributed by atoms with Crippen LogP contribution in [0.1, 0.15) is 5.56 Å². The van der Waals surface area contributed by atoms with Crippen LogP contribution in [0.25, 0.3) is 0 Å². The molecule has 1 N–H and O–H groups in total. The second-order valence-corrected chi connectivity index (χ2v) is 4.79. The number of nitro benzene ring substituents is 2. The molecule has 0 bridgehead atoms. The van der Waals surface area contributed by atoms with Gasteiger partial charge in [-0.15, -0.1) is 0 Å². The molecule has 2 aromatic rings. The van der Waals surface area contributed by atoms with Crippen LogP contribution in [0.2, 0.25) is 0 Å². The number of methoxy groups -OCH3 is 1. The van der Waals surface area contributed by atoms with Crippen molar-refractivity contribution in [2.45, 2.75) is 6.42 Å². The minimum Gasteiger partial charge on any atom is -0.495 e. The number of nitrogens with one attached hydrogen (secondary N) is 1. The third-order valence-electron chi connectivity index (χ3n) is 3.18. The van der Waals surface area contributed by atoms with E-state index in [0.29, 0.717) is 5.56 Å². The summed E-state index contributed by atoms with van der Waals surface area (Å²) in [5, 5.41) is 23.9. The molecule has 9 heteroatoms. The monoisotopic (exact) mass is 331 g/mol. The van der Waals surface area contributed by atoms with Crippen molar-refractivity contribution in [3.63, 3.8) is 0 Å². The van der Waals surface area contributed by atoms with E-state index in [1.54, 1.807) is 0 Å². The van der Waals surface area contributed by atoms with E-state index in [4.69, 9.17) is 4.74 Å². The first-order valence-electron chi connectivity index (χ1n) is 6.76. The second kappa shape index (κ2) is 7.18. The summed E-state index contributed by atoms with van der Waals surface area (Å²) >= 11 is 0. The molecule has 0 aliphatic carbocycles. The lowest BCUT2D eigenvalue weighted by Crippen LogP contribution is -2.15. The van der Waals surface area contributed by atoms with Crippen molar-refractivity contribution in [3.8, 4) is 5.75 Å². The van der Waals surface area contributed by atoms with Crippen LogP contribution in [0.5, 0.6) is 5.75 Å². The number of nitro groups is 2. The molecule has 2 rings (SSSR count). The first kappa shape index (κ1) is 16.9. The number of non-ortho nitro benzene ring substituents is 2. The lowest BCUT2D eigenvalue weighted by atomic mass is 10.1. The van der Waals surface area contributed by atoms with Gasteiger partial charge < -0.3 is 10.1 Å². The highest BCUT2D eigenvalue weighted by molar-refractivity contribution is 5.94. The summed E-state index contributed by atoms with van der Waals surface area (Å²) in [4.78, 5) is 32.4. The van der Waals surface area contributed by atoms with Crippen molar-refractivity contribution >= 4 is 23.0 Å². The molecule has 0 atom stereocenters. The number of benzene rings is 2. The fourth-order valence-corrected chi connectivity index (χ4v) is 2.02. The zero-order valence-electron chi connectivity index (χ0n) is 12.6. The van der Waals surface area contributed by atoms with E-state index < -0.39 is 15.8 Å². The number of nitrogens with zero attached hydrogens (tertiary/aromatic N) is 2. The highest BCUT2D eigenvalue weighted by Gasteiger charge is 2.14. The zero-order chi connectivity index (χ0) is 17.7. The van der Waals surface area contributed by atoms with Gasteiger partial charge in [0, 0.05) is 24.3 Å². The number of amides is 1. The van der Waals surface area contributed by atoms with E-state index in [9.17, 15) is 25.0 Å². The van der Waals surface area contributed by atoms with Gasteiger partial charge >= 0.3 is 0 Å². The van der Waals surface area contributed by atoms with Gasteiger partial charge in [0.1, 0.15) is 5.75 Å². The summed E-state index contributed by atoms with van der Waals surface area (Å²) < 4.78 is 5.06. The van der Waals surface area contributed by atoms with Gasteiger partial charge in [0.05, 0.1) is 29.1 Å². The first-order valence-corrected chi connectivity index (χ1v) is 6.76. The number of carbonyl (C=O) groups is 1. The molecule has 9 nitrogen and oxygen atoms in total. The quantitative estimate of drug-likeness (QED) is 0.641. The van der Waals surface area contributed by atoms with E-state index >= 15 is 0 Å². The van der Waals surface area contributed by atoms with Crippen LogP contribution in [0, 0.1) is 20.2 Å². The molecule has 0 radical (unpaired) electrons. The minimum absolute atomic E-state index is 0.0379. The van der Waals surface area contributed by atoms with Gasteiger partial charge in [-0.1, -0.05) is 12.1 Å². The van der Waals surface area contributed by atoms with Crippen LogP contribution in [0.4, 0.5) is 17.1 Å². The van der Waals surface area contributed by atoms with Crippen molar-refractivity contribution in [3.05, 3.63) is 68.3 Å². The number of hydrogen-bond donors (Lipinski definition) is 1. The maximum Gasteiger partial charge on any atom is 0.271 e. The highest BCUT2D eigenvalue weighted by Crippen LogP contribution is 2.29. The summed E-state index contributed by atoms with van der Waals surface area (Å²) in [6.07, 6.45) is -0.0379. The fourth-order valence-electron chi connectivity index (χ4n) is 2.02. The molecule has 0 saturated heterocycles. The summed E-state index contributed by atoms with van der Waals surface area (Å²) in [6.45, 7) is 0. The second-order valence-electron chi connectivity index (χ2n) is 4.79. The van der Waals surface area contributed by atoms with E-state index in [2.05, 4.69) is 5.32 Å². The molecule has 0 heterocycles. The third-order valence-corrected chi connectivity index (χ3v) is 3.18. The molecule has 0 unspecified atom stereocenters. The van der Waals surface area contributed by atoms with Gasteiger partial charge in [0.25, 0.3) is 11.4 Å². The maximum absolute atomic E-state index is 12.1. The lowest BCUT2D eigenvalue weighted by Gasteiger charge is -2.10. The predicted molar refractivity (Wildman–Crippen MR) is 85.1 cm³/mol. The van der Waals surface area contributed by atoms with Gasteiger partial charge in [-0.25, -0.2) is 0 Å². The highest BCUT2D eigenvalue weighted by atomic mass is 16.6. The summed E-state index contributed by atoms with van der Waals surface area (Å²) in [6, 6.07) is 9.41. The molecular formula is C15H13N3O6. The Bertz CT molecular complexity index is 788. The van der Waals surface area contributed by atoms with Crippen LogP contribution in [0.15, 0.2) is 42.5 Å². The molecule has 0 spiro atoms. The summed E-state index contributed by atoms with van der Waals surface area (Å²) in [5.41, 5.74) is 0.502. The summed E-state index contributed by atoms with van der Waals surface area (Å²) in [7, 11) is 1.38. The van der Waals surface area contributed by atoms with Crippen LogP contribution < -0.4 is 10.1 Å². The molecule has 124 valence electrons. The third kappa shape index (κ3) is 4.03. The molecule has 0 saturated carbocycles. The molecule has 0 aliphatic heterocycles. The molecule has 0 aromatic heterocycles. The van der Waals surface area contributed by atoms with Gasteiger partial charge in [-0.2, -0.15) is 0 Å². The van der Waals surface area contributed by atoms with E-state index in [0.717, 1.165) is 0 Å². The molecule has 0 fully saturated rings. The molecule has 1 amide bonds. The van der Waals surface area contributed by atoms with Gasteiger partial charge in [-0.05, 0) is 11.6 Å². The Morgan fingerprint density at radius 2 is 1.62 bits per heavy atom. The van der Waals surface area contributed by atoms with Crippen molar-refractivity contribution in [1.29, 1.82) is 0 Å². The Balaban J connectivity index is 2.12. The summed E-state index contributed by atoms with van der Waals surface area (Å²) in [5.74, 6) is -0.139. The average Bonchev–Trinajstić information content (AvgIpc) is 2.55. The van der Waals surface area contributed by atoms with Crippen LogP contribution in [-0.4, -0.2) is 22.9 Å². The molecule has 0 aliphatic rings. The Kier molecular flexibility index (Phi) is 5.05. The fraction of sp³-hybridized carbons (Fsp3) is 0.133. The van der Waals surface area contributed by atoms with Crippen molar-refractivity contribution in [2.75, 3.05) is 12.4 Å². The lowest BCUT2D eigenvalue weighted by molar-refractivity contribution is -0.385. The van der Waals surface area contributed by atoms with Crippen molar-refractivity contribution < 1.29 is 19.4 Å². The SMILES string of the molecule is COc1ccc([N+](=O)[O-])cc1NC(=O)Cc1ccc([N+](=O)[O-])cc1. The Hall–Kier alpha value is -3.49. The van der Waals surface area contributed by atoms with E-state index in [1.807, 2.05) is 0 Å². The van der Waals surface area contributed by atoms with Crippen molar-refractivity contribution in [2.24, 2.45) is 0 Å². The topological polar surface area (TPSA) is 125 Å². The Morgan fingerprint density at radius 3 is 2.17 bits per heavy atom. The smallest absolute Gasteiger partial charge is 0.271 e. The molecule has 24 heavy (non-hydrogen) atoms. The van der Waals surface area contributed by atoms with Gasteiger partial charge in [0.15, 0.2) is 0 Å². The Morgan fingerprint density at radius 1 is 1.04 bits per heavy atom. The first-order chi connectivity index (χ1) is 11.4. The number of carbonyl (C=O) groups excluding carboxylic acids is 1. The zero-order valence-corrected chi connectivity index (χ0v) is 12.6. The minimum atomic E-state index is -0.578. The molecule has 2 aromatic carbocycles. The number of rotatable bonds is 6. The number of anilines is 1. The van der Waals surface area contributed by atoms with Crippen LogP contribution in [0.3, 0.4) is 0 Å². The molecular weight excluding hydrogens is 318 g/mol. The van der Waals surface area contributed by atoms with Gasteiger partial charge in [0.2, 0.25) is 5.91 Å². The Labute approximate surface area is 136 Å². The van der Waals surface area contributed by atoms with Gasteiger partial charge in [-0.3, -0.25) is 25.0 Å². The standard InChI is InChI=1S/C15H13N3O6/c1-24-14-7-6-12(18(22)23)9-13(14)16-15(19)8-10-2-4-11(5-3-10)17(20)21/h2-7,9H,8H2,1H3,(H,16,19). The van der Waals surface area contributed by atoms with E-state index in [1.165, 1.54) is 49.6 Å². The predicted octanol–water partition coefficient (Wildman–Crippen LogP) is 2.69. The van der Waals surface area contributed by atoms with Crippen LogP contribution >= 0.6 is 0 Å². The van der Waals surface area contributed by atoms with Crippen LogP contribution in [-0.2, 0) is 11.2 Å². The van der Waals surface area contributed by atoms with E-state index in [-0.39, 0.29) is 29.2 Å². The largest absolute Gasteiger partial charge is 0.495 e. The number of ether oxygens (including phenoxy) is 1.